The van der Waals surface area contributed by atoms with Gasteiger partial charge in [-0.15, -0.1) is 0 Å². The lowest BCUT2D eigenvalue weighted by Gasteiger charge is -2.11. The fourth-order valence-corrected chi connectivity index (χ4v) is 2.67. The van der Waals surface area contributed by atoms with Gasteiger partial charge < -0.3 is 9.30 Å². The minimum Gasteiger partial charge on any atom is -0.419 e. The van der Waals surface area contributed by atoms with Crippen LogP contribution in [0.5, 0.6) is 0 Å². The van der Waals surface area contributed by atoms with E-state index in [2.05, 4.69) is 19.9 Å². The second-order valence-electron chi connectivity index (χ2n) is 5.62. The number of pyridine rings is 2. The topological polar surface area (TPSA) is 89.0 Å². The van der Waals surface area contributed by atoms with Gasteiger partial charge >= 0.3 is 6.43 Å². The van der Waals surface area contributed by atoms with Gasteiger partial charge in [0.15, 0.2) is 5.82 Å². The summed E-state index contributed by atoms with van der Waals surface area (Å²) in [7, 11) is 1.39. The van der Waals surface area contributed by atoms with Gasteiger partial charge in [0, 0.05) is 43.6 Å². The van der Waals surface area contributed by atoms with E-state index in [1.807, 2.05) is 4.57 Å². The summed E-state index contributed by atoms with van der Waals surface area (Å²) < 4.78 is 31.9. The SMILES string of the molecule is C/N=C(\OC(=N)C(F)F)c1ccnc(-c2nccn2Cc2cncc(Cl)c2)c1. The molecule has 0 fully saturated rings. The molecule has 0 saturated carbocycles. The molecule has 3 rings (SSSR count). The van der Waals surface area contributed by atoms with Crippen LogP contribution in [-0.2, 0) is 11.3 Å². The summed E-state index contributed by atoms with van der Waals surface area (Å²) in [4.78, 5) is 16.5. The zero-order valence-corrected chi connectivity index (χ0v) is 15.4. The predicted molar refractivity (Wildman–Crippen MR) is 101 cm³/mol. The summed E-state index contributed by atoms with van der Waals surface area (Å²) in [6.07, 6.45) is 5.12. The molecule has 0 atom stereocenters. The van der Waals surface area contributed by atoms with E-state index in [0.717, 1.165) is 5.56 Å². The number of ether oxygens (including phenoxy) is 1. The van der Waals surface area contributed by atoms with Crippen molar-refractivity contribution in [3.8, 4) is 11.5 Å². The van der Waals surface area contributed by atoms with Gasteiger partial charge in [-0.25, -0.2) is 4.98 Å². The summed E-state index contributed by atoms with van der Waals surface area (Å²) in [6, 6.07) is 4.96. The minimum atomic E-state index is -3.02. The molecule has 144 valence electrons. The smallest absolute Gasteiger partial charge is 0.312 e. The number of halogens is 3. The number of aromatic nitrogens is 4. The van der Waals surface area contributed by atoms with Crippen molar-refractivity contribution in [2.45, 2.75) is 13.0 Å². The molecular formula is C18H15ClF2N6O. The van der Waals surface area contributed by atoms with Crippen molar-refractivity contribution in [3.05, 3.63) is 65.3 Å². The second-order valence-corrected chi connectivity index (χ2v) is 6.05. The van der Waals surface area contributed by atoms with E-state index in [-0.39, 0.29) is 5.90 Å². The van der Waals surface area contributed by atoms with Crippen LogP contribution in [0.3, 0.4) is 0 Å². The van der Waals surface area contributed by atoms with Crippen molar-refractivity contribution < 1.29 is 13.5 Å². The number of hydrogen-bond acceptors (Lipinski definition) is 6. The Kier molecular flexibility index (Phi) is 6.05. The normalized spacial score (nSPS) is 11.7. The standard InChI is InChI=1S/C18H15ClF2N6O/c1-23-18(28-16(22)15(20)21)12-2-3-25-14(7-12)17-26-4-5-27(17)10-11-6-13(19)9-24-8-11/h2-9,15,22H,10H2,1H3/b22-16?,23-18-. The molecule has 0 radical (unpaired) electrons. The summed E-state index contributed by atoms with van der Waals surface area (Å²) >= 11 is 5.98. The average Bonchev–Trinajstić information content (AvgIpc) is 3.14. The first kappa shape index (κ1) is 19.6. The van der Waals surface area contributed by atoms with Gasteiger partial charge in [-0.2, -0.15) is 8.78 Å². The van der Waals surface area contributed by atoms with Gasteiger partial charge in [0.05, 0.1) is 11.6 Å². The Morgan fingerprint density at radius 1 is 1.29 bits per heavy atom. The number of alkyl halides is 2. The third-order valence-corrected chi connectivity index (χ3v) is 3.88. The predicted octanol–water partition coefficient (Wildman–Crippen LogP) is 3.68. The molecule has 3 aromatic rings. The number of aliphatic imine (C=N–C) groups is 1. The van der Waals surface area contributed by atoms with Crippen LogP contribution in [0.15, 0.2) is 54.2 Å². The van der Waals surface area contributed by atoms with Crippen molar-refractivity contribution in [2.75, 3.05) is 7.05 Å². The van der Waals surface area contributed by atoms with Crippen molar-refractivity contribution in [1.82, 2.24) is 19.5 Å². The van der Waals surface area contributed by atoms with Crippen LogP contribution in [0, 0.1) is 5.41 Å². The van der Waals surface area contributed by atoms with Gasteiger partial charge in [-0.05, 0) is 23.8 Å². The minimum absolute atomic E-state index is 0.105. The van der Waals surface area contributed by atoms with E-state index >= 15 is 0 Å². The van der Waals surface area contributed by atoms with Crippen molar-refractivity contribution in [2.24, 2.45) is 4.99 Å². The first-order valence-electron chi connectivity index (χ1n) is 8.06. The molecule has 7 nitrogen and oxygen atoms in total. The van der Waals surface area contributed by atoms with Gasteiger partial charge in [-0.3, -0.25) is 20.4 Å². The second kappa shape index (κ2) is 8.66. The number of nitrogens with one attached hydrogen (secondary N) is 1. The highest BCUT2D eigenvalue weighted by Gasteiger charge is 2.18. The van der Waals surface area contributed by atoms with Gasteiger partial charge in [-0.1, -0.05) is 11.6 Å². The lowest BCUT2D eigenvalue weighted by molar-refractivity contribution is 0.198. The molecule has 0 aliphatic carbocycles. The van der Waals surface area contributed by atoms with Crippen LogP contribution in [0.25, 0.3) is 11.5 Å². The lowest BCUT2D eigenvalue weighted by atomic mass is 10.2. The van der Waals surface area contributed by atoms with Crippen molar-refractivity contribution >= 4 is 23.4 Å². The molecule has 0 aromatic carbocycles. The van der Waals surface area contributed by atoms with Crippen LogP contribution in [0.1, 0.15) is 11.1 Å². The van der Waals surface area contributed by atoms with Crippen LogP contribution in [-0.4, -0.2) is 44.8 Å². The zero-order valence-electron chi connectivity index (χ0n) is 14.7. The van der Waals surface area contributed by atoms with Gasteiger partial charge in [0.2, 0.25) is 5.90 Å². The first-order chi connectivity index (χ1) is 13.5. The quantitative estimate of drug-likeness (QED) is 0.519. The van der Waals surface area contributed by atoms with Crippen LogP contribution in [0.2, 0.25) is 5.02 Å². The highest BCUT2D eigenvalue weighted by molar-refractivity contribution is 6.30. The zero-order chi connectivity index (χ0) is 20.1. The Balaban J connectivity index is 1.89. The van der Waals surface area contributed by atoms with Crippen molar-refractivity contribution in [1.29, 1.82) is 5.41 Å². The average molecular weight is 405 g/mol. The van der Waals surface area contributed by atoms with Crippen LogP contribution >= 0.6 is 11.6 Å². The van der Waals surface area contributed by atoms with Gasteiger partial charge in [0.25, 0.3) is 5.90 Å². The highest BCUT2D eigenvalue weighted by Crippen LogP contribution is 2.19. The number of rotatable bonds is 5. The van der Waals surface area contributed by atoms with E-state index in [0.29, 0.717) is 28.6 Å². The maximum atomic E-state index is 12.6. The van der Waals surface area contributed by atoms with E-state index in [9.17, 15) is 8.78 Å². The molecule has 3 aromatic heterocycles. The summed E-state index contributed by atoms with van der Waals surface area (Å²) in [5.74, 6) is -0.721. The summed E-state index contributed by atoms with van der Waals surface area (Å²) in [6.45, 7) is 0.468. The molecule has 3 heterocycles. The largest absolute Gasteiger partial charge is 0.419 e. The van der Waals surface area contributed by atoms with Gasteiger partial charge in [0.1, 0.15) is 5.69 Å². The Morgan fingerprint density at radius 3 is 2.82 bits per heavy atom. The fraction of sp³-hybridized carbons (Fsp3) is 0.167. The fourth-order valence-electron chi connectivity index (χ4n) is 2.48. The Labute approximate surface area is 164 Å². The molecule has 0 unspecified atom stereocenters. The third-order valence-electron chi connectivity index (χ3n) is 3.67. The molecule has 28 heavy (non-hydrogen) atoms. The molecule has 1 N–H and O–H groups in total. The number of hydrogen-bond donors (Lipinski definition) is 1. The van der Waals surface area contributed by atoms with E-state index in [1.165, 1.54) is 13.2 Å². The first-order valence-corrected chi connectivity index (χ1v) is 8.44. The van der Waals surface area contributed by atoms with E-state index < -0.39 is 12.3 Å². The molecule has 0 aliphatic heterocycles. The van der Waals surface area contributed by atoms with Crippen LogP contribution < -0.4 is 0 Å². The maximum absolute atomic E-state index is 12.6. The Hall–Kier alpha value is -3.20. The summed E-state index contributed by atoms with van der Waals surface area (Å²) in [5, 5.41) is 7.72. The molecule has 10 heteroatoms. The molecular weight excluding hydrogens is 390 g/mol. The maximum Gasteiger partial charge on any atom is 0.312 e. The molecule has 0 aliphatic rings. The Bertz CT molecular complexity index is 1020. The molecule has 0 spiro atoms. The Morgan fingerprint density at radius 2 is 2.11 bits per heavy atom. The van der Waals surface area contributed by atoms with Crippen molar-refractivity contribution in [3.63, 3.8) is 0 Å². The van der Waals surface area contributed by atoms with Crippen LogP contribution in [0.4, 0.5) is 8.78 Å². The molecule has 0 amide bonds. The number of nitrogens with zero attached hydrogens (tertiary/aromatic N) is 5. The molecule has 0 saturated heterocycles. The number of imidazole rings is 1. The monoisotopic (exact) mass is 404 g/mol. The summed E-state index contributed by atoms with van der Waals surface area (Å²) in [5.41, 5.74) is 1.77. The van der Waals surface area contributed by atoms with E-state index in [1.54, 1.807) is 43.0 Å². The lowest BCUT2D eigenvalue weighted by Crippen LogP contribution is -2.19. The third kappa shape index (κ3) is 4.55. The highest BCUT2D eigenvalue weighted by atomic mass is 35.5. The van der Waals surface area contributed by atoms with E-state index in [4.69, 9.17) is 21.7 Å². The molecule has 0 bridgehead atoms.